The van der Waals surface area contributed by atoms with Gasteiger partial charge in [-0.1, -0.05) is 0 Å². The summed E-state index contributed by atoms with van der Waals surface area (Å²) in [7, 11) is 0. The van der Waals surface area contributed by atoms with Crippen molar-refractivity contribution in [3.63, 3.8) is 0 Å². The molecule has 1 aliphatic rings. The largest absolute Gasteiger partial charge is 0.342 e. The van der Waals surface area contributed by atoms with Crippen molar-refractivity contribution in [1.29, 1.82) is 0 Å². The Labute approximate surface area is 166 Å². The number of amides is 2. The third-order valence-electron chi connectivity index (χ3n) is 5.11. The van der Waals surface area contributed by atoms with E-state index in [9.17, 15) is 14.4 Å². The number of carbonyl (C=O) groups is 3. The predicted molar refractivity (Wildman–Crippen MR) is 108 cm³/mol. The Morgan fingerprint density at radius 1 is 1.04 bits per heavy atom. The highest BCUT2D eigenvalue weighted by molar-refractivity contribution is 7.12. The quantitative estimate of drug-likeness (QED) is 0.636. The van der Waals surface area contributed by atoms with E-state index in [0.29, 0.717) is 32.7 Å². The maximum absolute atomic E-state index is 12.4. The van der Waals surface area contributed by atoms with Crippen LogP contribution in [0.3, 0.4) is 0 Å². The second-order valence-corrected chi connectivity index (χ2v) is 8.43. The molecule has 0 aliphatic carbocycles. The molecule has 0 bridgehead atoms. The minimum Gasteiger partial charge on any atom is -0.342 e. The SMILES string of the molecule is CCN(CC)C(=O)CN1CCN(C(=O)CCC(=O)c2cc(C)sc2C)CC1. The maximum atomic E-state index is 12.4. The minimum atomic E-state index is 0.0303. The van der Waals surface area contributed by atoms with Gasteiger partial charge in [0.25, 0.3) is 0 Å². The number of nitrogens with zero attached hydrogens (tertiary/aromatic N) is 3. The number of likely N-dealkylation sites (N-methyl/N-ethyl adjacent to an activating group) is 1. The van der Waals surface area contributed by atoms with E-state index in [0.717, 1.165) is 28.4 Å². The van der Waals surface area contributed by atoms with E-state index >= 15 is 0 Å². The van der Waals surface area contributed by atoms with Gasteiger partial charge in [0.2, 0.25) is 11.8 Å². The standard InChI is InChI=1S/C20H31N3O3S/c1-5-22(6-2)20(26)14-21-9-11-23(12-10-21)19(25)8-7-18(24)17-13-15(3)27-16(17)4/h13H,5-12,14H2,1-4H3. The molecular formula is C20H31N3O3S. The maximum Gasteiger partial charge on any atom is 0.236 e. The van der Waals surface area contributed by atoms with Gasteiger partial charge in [0, 0.05) is 67.4 Å². The second-order valence-electron chi connectivity index (χ2n) is 6.97. The first-order valence-electron chi connectivity index (χ1n) is 9.73. The van der Waals surface area contributed by atoms with E-state index in [-0.39, 0.29) is 30.4 Å². The molecule has 0 spiro atoms. The molecule has 1 saturated heterocycles. The average Bonchev–Trinajstić information content (AvgIpc) is 2.99. The monoisotopic (exact) mass is 393 g/mol. The molecule has 7 heteroatoms. The van der Waals surface area contributed by atoms with Crippen LogP contribution in [0.2, 0.25) is 0 Å². The Kier molecular flexibility index (Phi) is 7.98. The van der Waals surface area contributed by atoms with E-state index in [2.05, 4.69) is 4.90 Å². The van der Waals surface area contributed by atoms with Gasteiger partial charge in [0.15, 0.2) is 5.78 Å². The number of Topliss-reactive ketones (excluding diaryl/α,β-unsaturated/α-hetero) is 1. The molecule has 0 atom stereocenters. The van der Waals surface area contributed by atoms with Gasteiger partial charge in [0.05, 0.1) is 6.54 Å². The van der Waals surface area contributed by atoms with Crippen molar-refractivity contribution in [2.75, 3.05) is 45.8 Å². The Hall–Kier alpha value is -1.73. The fourth-order valence-electron chi connectivity index (χ4n) is 3.44. The number of piperazine rings is 1. The molecule has 0 aromatic carbocycles. The highest BCUT2D eigenvalue weighted by Gasteiger charge is 2.24. The number of ketones is 1. The number of aryl methyl sites for hydroxylation is 2. The molecule has 2 heterocycles. The van der Waals surface area contributed by atoms with Crippen LogP contribution in [0.1, 0.15) is 46.8 Å². The smallest absolute Gasteiger partial charge is 0.236 e. The fourth-order valence-corrected chi connectivity index (χ4v) is 4.39. The zero-order valence-electron chi connectivity index (χ0n) is 16.9. The lowest BCUT2D eigenvalue weighted by Gasteiger charge is -2.35. The number of rotatable bonds is 8. The Morgan fingerprint density at radius 3 is 2.19 bits per heavy atom. The van der Waals surface area contributed by atoms with E-state index in [1.165, 1.54) is 0 Å². The number of hydrogen-bond donors (Lipinski definition) is 0. The van der Waals surface area contributed by atoms with E-state index in [1.54, 1.807) is 11.3 Å². The van der Waals surface area contributed by atoms with Crippen molar-refractivity contribution in [1.82, 2.24) is 14.7 Å². The molecular weight excluding hydrogens is 362 g/mol. The van der Waals surface area contributed by atoms with Crippen molar-refractivity contribution in [2.45, 2.75) is 40.5 Å². The summed E-state index contributed by atoms with van der Waals surface area (Å²) in [6, 6.07) is 1.92. The molecule has 6 nitrogen and oxygen atoms in total. The van der Waals surface area contributed by atoms with E-state index < -0.39 is 0 Å². The lowest BCUT2D eigenvalue weighted by atomic mass is 10.1. The molecule has 1 aliphatic heterocycles. The lowest BCUT2D eigenvalue weighted by molar-refractivity contribution is -0.135. The van der Waals surface area contributed by atoms with Crippen LogP contribution in [-0.4, -0.2) is 78.1 Å². The van der Waals surface area contributed by atoms with E-state index in [1.807, 2.05) is 43.6 Å². The van der Waals surface area contributed by atoms with Gasteiger partial charge >= 0.3 is 0 Å². The van der Waals surface area contributed by atoms with Gasteiger partial charge in [-0.15, -0.1) is 11.3 Å². The number of carbonyl (C=O) groups excluding carboxylic acids is 3. The van der Waals surface area contributed by atoms with Crippen LogP contribution >= 0.6 is 11.3 Å². The first kappa shape index (κ1) is 21.6. The van der Waals surface area contributed by atoms with Crippen LogP contribution in [0.25, 0.3) is 0 Å². The molecule has 2 rings (SSSR count). The molecule has 1 aromatic rings. The van der Waals surface area contributed by atoms with Gasteiger partial charge in [0.1, 0.15) is 0 Å². The highest BCUT2D eigenvalue weighted by atomic mass is 32.1. The van der Waals surface area contributed by atoms with Gasteiger partial charge in [-0.2, -0.15) is 0 Å². The molecule has 1 aromatic heterocycles. The summed E-state index contributed by atoms with van der Waals surface area (Å²) in [5.41, 5.74) is 0.755. The zero-order valence-corrected chi connectivity index (χ0v) is 17.7. The van der Waals surface area contributed by atoms with Gasteiger partial charge < -0.3 is 9.80 Å². The molecule has 27 heavy (non-hydrogen) atoms. The highest BCUT2D eigenvalue weighted by Crippen LogP contribution is 2.22. The van der Waals surface area contributed by atoms with Crippen molar-refractivity contribution >= 4 is 28.9 Å². The summed E-state index contributed by atoms with van der Waals surface area (Å²) in [5, 5.41) is 0. The molecule has 0 unspecified atom stereocenters. The fraction of sp³-hybridized carbons (Fsp3) is 0.650. The Bertz CT molecular complexity index is 674. The van der Waals surface area contributed by atoms with E-state index in [4.69, 9.17) is 0 Å². The normalized spacial score (nSPS) is 15.0. The first-order valence-corrected chi connectivity index (χ1v) is 10.6. The summed E-state index contributed by atoms with van der Waals surface area (Å²) in [5.74, 6) is 0.225. The van der Waals surface area contributed by atoms with Crippen molar-refractivity contribution < 1.29 is 14.4 Å². The van der Waals surface area contributed by atoms with Crippen molar-refractivity contribution in [3.05, 3.63) is 21.4 Å². The van der Waals surface area contributed by atoms with Crippen LogP contribution in [0.4, 0.5) is 0 Å². The van der Waals surface area contributed by atoms with Gasteiger partial charge in [-0.05, 0) is 33.8 Å². The Balaban J connectivity index is 1.75. The molecule has 0 N–H and O–H groups in total. The topological polar surface area (TPSA) is 60.9 Å². The van der Waals surface area contributed by atoms with Crippen LogP contribution in [0.15, 0.2) is 6.07 Å². The lowest BCUT2D eigenvalue weighted by Crippen LogP contribution is -2.51. The summed E-state index contributed by atoms with van der Waals surface area (Å²) in [6.45, 7) is 12.4. The van der Waals surface area contributed by atoms with Crippen LogP contribution in [-0.2, 0) is 9.59 Å². The summed E-state index contributed by atoms with van der Waals surface area (Å²) in [4.78, 5) is 44.9. The third kappa shape index (κ3) is 5.87. The summed E-state index contributed by atoms with van der Waals surface area (Å²) in [6.07, 6.45) is 0.516. The second kappa shape index (κ2) is 9.99. The molecule has 0 saturated carbocycles. The van der Waals surface area contributed by atoms with Crippen LogP contribution in [0.5, 0.6) is 0 Å². The summed E-state index contributed by atoms with van der Waals surface area (Å²) >= 11 is 1.62. The average molecular weight is 394 g/mol. The predicted octanol–water partition coefficient (Wildman–Crippen LogP) is 2.34. The van der Waals surface area contributed by atoms with Crippen molar-refractivity contribution in [2.24, 2.45) is 0 Å². The molecule has 150 valence electrons. The van der Waals surface area contributed by atoms with Crippen LogP contribution < -0.4 is 0 Å². The van der Waals surface area contributed by atoms with Gasteiger partial charge in [-0.3, -0.25) is 19.3 Å². The third-order valence-corrected chi connectivity index (χ3v) is 6.07. The molecule has 0 radical (unpaired) electrons. The zero-order chi connectivity index (χ0) is 20.0. The first-order chi connectivity index (χ1) is 12.8. The Morgan fingerprint density at radius 2 is 1.67 bits per heavy atom. The number of thiophene rings is 1. The van der Waals surface area contributed by atoms with Gasteiger partial charge in [-0.25, -0.2) is 0 Å². The minimum absolute atomic E-state index is 0.0303. The van der Waals surface area contributed by atoms with Crippen LogP contribution in [0, 0.1) is 13.8 Å². The van der Waals surface area contributed by atoms with Crippen molar-refractivity contribution in [3.8, 4) is 0 Å². The molecule has 2 amide bonds. The molecule has 1 fully saturated rings. The number of hydrogen-bond acceptors (Lipinski definition) is 5. The summed E-state index contributed by atoms with van der Waals surface area (Å²) < 4.78 is 0.